The summed E-state index contributed by atoms with van der Waals surface area (Å²) in [5, 5.41) is 11.3. The Bertz CT molecular complexity index is 965. The van der Waals surface area contributed by atoms with Crippen LogP contribution in [0.3, 0.4) is 0 Å². The molecule has 2 aliphatic carbocycles. The zero-order valence-corrected chi connectivity index (χ0v) is 21.3. The van der Waals surface area contributed by atoms with Crippen molar-refractivity contribution in [2.24, 2.45) is 0 Å². The van der Waals surface area contributed by atoms with Gasteiger partial charge in [0.25, 0.3) is 0 Å². The van der Waals surface area contributed by atoms with Crippen LogP contribution in [0.15, 0.2) is 24.3 Å². The molecule has 0 spiro atoms. The average molecular weight is 467 g/mol. The normalized spacial score (nSPS) is 20.2. The Balaban J connectivity index is 1.31. The van der Waals surface area contributed by atoms with E-state index in [0.717, 1.165) is 56.0 Å². The number of thiocarbonyl (C=S) groups is 1. The molecule has 1 saturated carbocycles. The van der Waals surface area contributed by atoms with Crippen molar-refractivity contribution in [1.29, 1.82) is 0 Å². The van der Waals surface area contributed by atoms with Crippen molar-refractivity contribution in [3.8, 4) is 0 Å². The van der Waals surface area contributed by atoms with Gasteiger partial charge < -0.3 is 20.9 Å². The van der Waals surface area contributed by atoms with Gasteiger partial charge in [0.2, 0.25) is 5.95 Å². The van der Waals surface area contributed by atoms with E-state index in [1.807, 2.05) is 0 Å². The van der Waals surface area contributed by atoms with E-state index < -0.39 is 0 Å². The minimum atomic E-state index is 0.399. The van der Waals surface area contributed by atoms with Crippen molar-refractivity contribution in [3.63, 3.8) is 0 Å². The first-order chi connectivity index (χ1) is 15.9. The first-order valence-corrected chi connectivity index (χ1v) is 12.8. The molecule has 7 heteroatoms. The van der Waals surface area contributed by atoms with Gasteiger partial charge in [0.05, 0.1) is 5.69 Å². The van der Waals surface area contributed by atoms with Gasteiger partial charge in [-0.3, -0.25) is 0 Å². The minimum Gasteiger partial charge on any atom is -0.362 e. The van der Waals surface area contributed by atoms with E-state index >= 15 is 0 Å². The predicted molar refractivity (Wildman–Crippen MR) is 143 cm³/mol. The minimum absolute atomic E-state index is 0.399. The summed E-state index contributed by atoms with van der Waals surface area (Å²) in [7, 11) is 4.16. The molecule has 3 N–H and O–H groups in total. The van der Waals surface area contributed by atoms with E-state index in [-0.39, 0.29) is 0 Å². The second-order valence-corrected chi connectivity index (χ2v) is 10.3. The number of aryl methyl sites for hydroxylation is 1. The molecule has 33 heavy (non-hydrogen) atoms. The maximum absolute atomic E-state index is 5.63. The number of hydrogen-bond acceptors (Lipinski definition) is 5. The Kier molecular flexibility index (Phi) is 7.68. The zero-order valence-electron chi connectivity index (χ0n) is 20.4. The number of aromatic nitrogens is 2. The quantitative estimate of drug-likeness (QED) is 0.502. The van der Waals surface area contributed by atoms with Crippen molar-refractivity contribution in [2.75, 3.05) is 29.6 Å². The summed E-state index contributed by atoms with van der Waals surface area (Å²) in [6.07, 6.45) is 8.95. The maximum atomic E-state index is 5.63. The van der Waals surface area contributed by atoms with Crippen LogP contribution in [0, 0.1) is 0 Å². The third-order valence-electron chi connectivity index (χ3n) is 6.81. The Morgan fingerprint density at radius 1 is 1.00 bits per heavy atom. The van der Waals surface area contributed by atoms with Crippen LogP contribution in [0.4, 0.5) is 17.5 Å². The van der Waals surface area contributed by atoms with Crippen LogP contribution in [0.1, 0.15) is 75.1 Å². The fourth-order valence-corrected chi connectivity index (χ4v) is 5.31. The van der Waals surface area contributed by atoms with Crippen LogP contribution >= 0.6 is 12.2 Å². The number of hydrogen-bond donors (Lipinski definition) is 3. The first kappa shape index (κ1) is 23.7. The van der Waals surface area contributed by atoms with E-state index in [0.29, 0.717) is 23.1 Å². The van der Waals surface area contributed by atoms with E-state index in [2.05, 4.69) is 73.1 Å². The number of benzene rings is 1. The Morgan fingerprint density at radius 3 is 2.42 bits per heavy atom. The lowest BCUT2D eigenvalue weighted by Gasteiger charge is -2.31. The van der Waals surface area contributed by atoms with Crippen LogP contribution < -0.4 is 20.9 Å². The first-order valence-electron chi connectivity index (χ1n) is 12.4. The van der Waals surface area contributed by atoms with Crippen molar-refractivity contribution >= 4 is 34.8 Å². The average Bonchev–Trinajstić information content (AvgIpc) is 2.80. The summed E-state index contributed by atoms with van der Waals surface area (Å²) in [6.45, 7) is 4.41. The van der Waals surface area contributed by atoms with Gasteiger partial charge in [-0.25, -0.2) is 4.98 Å². The number of nitrogens with zero attached hydrogens (tertiary/aromatic N) is 3. The van der Waals surface area contributed by atoms with Gasteiger partial charge in [0.1, 0.15) is 5.82 Å². The lowest BCUT2D eigenvalue weighted by Crippen LogP contribution is -2.42. The van der Waals surface area contributed by atoms with Crippen LogP contribution in [0.2, 0.25) is 0 Å². The molecule has 0 atom stereocenters. The number of fused-ring (bicyclic) bond motifs is 1. The van der Waals surface area contributed by atoms with Gasteiger partial charge in [-0.05, 0) is 81.1 Å². The third kappa shape index (κ3) is 5.94. The molecular formula is C26H38N6S. The smallest absolute Gasteiger partial charge is 0.225 e. The standard InChI is InChI=1S/C26H38N6S/c1-17(2)20-9-5-7-11-22(20)30-26(33)28-19-15-13-18(14-16-19)27-25-29-23-12-8-6-10-21(23)24(31-25)32(3)4/h5,7,9,11,17-19H,6,8,10,12-16H2,1-4H3,(H,27,29,31)(H2,28,30,33). The lowest BCUT2D eigenvalue weighted by atomic mass is 9.91. The van der Waals surface area contributed by atoms with Gasteiger partial charge in [0, 0.05) is 37.4 Å². The maximum Gasteiger partial charge on any atom is 0.225 e. The zero-order chi connectivity index (χ0) is 23.4. The number of nitrogens with one attached hydrogen (secondary N) is 3. The summed E-state index contributed by atoms with van der Waals surface area (Å²) < 4.78 is 0. The van der Waals surface area contributed by atoms with Gasteiger partial charge in [0.15, 0.2) is 5.11 Å². The molecule has 0 radical (unpaired) electrons. The Labute approximate surface area is 204 Å². The number of para-hydroxylation sites is 1. The third-order valence-corrected chi connectivity index (χ3v) is 7.03. The van der Waals surface area contributed by atoms with Crippen LogP contribution in [0.25, 0.3) is 0 Å². The van der Waals surface area contributed by atoms with Gasteiger partial charge in [-0.1, -0.05) is 32.0 Å². The highest BCUT2D eigenvalue weighted by Gasteiger charge is 2.24. The summed E-state index contributed by atoms with van der Waals surface area (Å²) in [4.78, 5) is 11.9. The summed E-state index contributed by atoms with van der Waals surface area (Å²) >= 11 is 5.63. The van der Waals surface area contributed by atoms with Crippen molar-refractivity contribution in [1.82, 2.24) is 15.3 Å². The van der Waals surface area contributed by atoms with Crippen molar-refractivity contribution in [3.05, 3.63) is 41.1 Å². The Morgan fingerprint density at radius 2 is 1.70 bits per heavy atom. The largest absolute Gasteiger partial charge is 0.362 e. The number of rotatable bonds is 6. The van der Waals surface area contributed by atoms with E-state index in [4.69, 9.17) is 22.2 Å². The second kappa shape index (κ2) is 10.7. The molecule has 0 amide bonds. The van der Waals surface area contributed by atoms with Crippen LogP contribution in [-0.4, -0.2) is 41.3 Å². The highest BCUT2D eigenvalue weighted by molar-refractivity contribution is 7.80. The second-order valence-electron chi connectivity index (χ2n) is 9.93. The molecule has 1 aromatic carbocycles. The summed E-state index contributed by atoms with van der Waals surface area (Å²) in [6, 6.07) is 9.21. The topological polar surface area (TPSA) is 65.1 Å². The van der Waals surface area contributed by atoms with E-state index in [1.165, 1.54) is 29.7 Å². The Hall–Kier alpha value is -2.41. The molecule has 1 fully saturated rings. The fraction of sp³-hybridized carbons (Fsp3) is 0.577. The highest BCUT2D eigenvalue weighted by Crippen LogP contribution is 2.29. The molecule has 2 aromatic rings. The molecule has 0 bridgehead atoms. The van der Waals surface area contributed by atoms with Gasteiger partial charge in [-0.2, -0.15) is 4.98 Å². The molecule has 178 valence electrons. The van der Waals surface area contributed by atoms with Crippen LogP contribution in [-0.2, 0) is 12.8 Å². The molecule has 6 nitrogen and oxygen atoms in total. The molecule has 1 aromatic heterocycles. The van der Waals surface area contributed by atoms with Gasteiger partial charge >= 0.3 is 0 Å². The lowest BCUT2D eigenvalue weighted by molar-refractivity contribution is 0.387. The molecular weight excluding hydrogens is 428 g/mol. The molecule has 0 saturated heterocycles. The highest BCUT2D eigenvalue weighted by atomic mass is 32.1. The van der Waals surface area contributed by atoms with Crippen LogP contribution in [0.5, 0.6) is 0 Å². The summed E-state index contributed by atoms with van der Waals surface area (Å²) in [5.74, 6) is 2.32. The van der Waals surface area contributed by atoms with Gasteiger partial charge in [-0.15, -0.1) is 0 Å². The number of anilines is 3. The monoisotopic (exact) mass is 466 g/mol. The SMILES string of the molecule is CC(C)c1ccccc1NC(=S)NC1CCC(Nc2nc3c(c(N(C)C)n2)CCCC3)CC1. The predicted octanol–water partition coefficient (Wildman–Crippen LogP) is 5.25. The molecule has 0 unspecified atom stereocenters. The molecule has 2 aliphatic rings. The van der Waals surface area contributed by atoms with Crippen molar-refractivity contribution in [2.45, 2.75) is 83.2 Å². The van der Waals surface area contributed by atoms with E-state index in [9.17, 15) is 0 Å². The molecule has 4 rings (SSSR count). The fourth-order valence-electron chi connectivity index (χ4n) is 5.03. The molecule has 1 heterocycles. The molecule has 0 aliphatic heterocycles. The van der Waals surface area contributed by atoms with Crippen molar-refractivity contribution < 1.29 is 0 Å². The van der Waals surface area contributed by atoms with E-state index in [1.54, 1.807) is 0 Å². The summed E-state index contributed by atoms with van der Waals surface area (Å²) in [5.41, 5.74) is 4.96.